The van der Waals surface area contributed by atoms with Crippen LogP contribution in [0.4, 0.5) is 8.78 Å². The van der Waals surface area contributed by atoms with Crippen LogP contribution < -0.4 is 10.5 Å². The normalized spacial score (nSPS) is 12.6. The number of carbonyl (C=O) groups excluding carboxylic acids is 2. The molecule has 10 nitrogen and oxygen atoms in total. The van der Waals surface area contributed by atoms with E-state index >= 15 is 0 Å². The van der Waals surface area contributed by atoms with Gasteiger partial charge in [0.05, 0.1) is 11.0 Å². The van der Waals surface area contributed by atoms with Crippen LogP contribution in [0.3, 0.4) is 0 Å². The zero-order valence-electron chi connectivity index (χ0n) is 28.8. The van der Waals surface area contributed by atoms with Crippen LogP contribution in [-0.2, 0) is 29.4 Å². The van der Waals surface area contributed by atoms with Crippen molar-refractivity contribution in [3.8, 4) is 0 Å². The molecule has 2 atom stereocenters. The quantitative estimate of drug-likeness (QED) is 0.133. The van der Waals surface area contributed by atoms with Gasteiger partial charge >= 0.3 is 0 Å². The van der Waals surface area contributed by atoms with E-state index in [9.17, 15) is 31.9 Å². The highest BCUT2D eigenvalue weighted by Gasteiger charge is 2.28. The van der Waals surface area contributed by atoms with Crippen molar-refractivity contribution < 1.29 is 37.0 Å². The molecular formula is C36H49ClF2N4O6S. The van der Waals surface area contributed by atoms with E-state index in [1.54, 1.807) is 4.90 Å². The second kappa shape index (κ2) is 20.4. The van der Waals surface area contributed by atoms with Crippen molar-refractivity contribution in [3.05, 3.63) is 100 Å². The van der Waals surface area contributed by atoms with Crippen LogP contribution in [0.5, 0.6) is 0 Å². The first-order valence-corrected chi connectivity index (χ1v) is 18.1. The summed E-state index contributed by atoms with van der Waals surface area (Å²) in [6, 6.07) is 13.2. The number of nitrogens with zero attached hydrogens (tertiary/aromatic N) is 2. The lowest BCUT2D eigenvalue weighted by molar-refractivity contribution is 0.0554. The lowest BCUT2D eigenvalue weighted by atomic mass is 10.0. The number of halogens is 3. The highest BCUT2D eigenvalue weighted by Crippen LogP contribution is 2.22. The fraction of sp³-hybridized carbons (Fsp3) is 0.444. The van der Waals surface area contributed by atoms with Crippen molar-refractivity contribution in [3.63, 3.8) is 0 Å². The summed E-state index contributed by atoms with van der Waals surface area (Å²) >= 11 is 0. The van der Waals surface area contributed by atoms with Crippen LogP contribution in [0.25, 0.3) is 0 Å². The van der Waals surface area contributed by atoms with Crippen LogP contribution in [-0.4, -0.2) is 85.2 Å². The molecule has 276 valence electrons. The Kier molecular flexibility index (Phi) is 17.4. The van der Waals surface area contributed by atoms with E-state index in [1.807, 2.05) is 45.0 Å². The summed E-state index contributed by atoms with van der Waals surface area (Å²) in [5.41, 5.74) is 8.18. The summed E-state index contributed by atoms with van der Waals surface area (Å²) in [6.45, 7) is 6.10. The Balaban J connectivity index is 0.00000867. The van der Waals surface area contributed by atoms with E-state index in [0.717, 1.165) is 35.7 Å². The Labute approximate surface area is 300 Å². The third-order valence-electron chi connectivity index (χ3n) is 7.97. The van der Waals surface area contributed by atoms with Crippen LogP contribution in [0, 0.1) is 11.6 Å². The maximum Gasteiger partial charge on any atom is 0.254 e. The molecule has 0 spiro atoms. The van der Waals surface area contributed by atoms with Gasteiger partial charge in [-0.1, -0.05) is 45.0 Å². The standard InChI is InChI=1S/C36H48F2N4O6S.ClH/c1-4-12-41(13-5-2)35(45)28-19-29(21-32(20-28)49(47,48)40-11-8-14-43)36(46)42(23-26-10-7-9-25(6-3)15-26)24-34(44)33(39)18-27-16-30(37)22-31(38)17-27;/h7,9-10,15-17,19-22,33-34,40,43-44H,4-6,8,11-14,18,23-24,39H2,1-3H3;1H/t33-,34+;/m0./s1. The van der Waals surface area contributed by atoms with Gasteiger partial charge in [0.2, 0.25) is 10.0 Å². The summed E-state index contributed by atoms with van der Waals surface area (Å²) in [5, 5.41) is 20.4. The molecule has 0 radical (unpaired) electrons. The number of carbonyl (C=O) groups is 2. The van der Waals surface area contributed by atoms with E-state index in [0.29, 0.717) is 25.9 Å². The Morgan fingerprint density at radius 1 is 0.860 bits per heavy atom. The molecule has 0 aliphatic heterocycles. The smallest absolute Gasteiger partial charge is 0.254 e. The predicted molar refractivity (Wildman–Crippen MR) is 192 cm³/mol. The van der Waals surface area contributed by atoms with Gasteiger partial charge in [-0.3, -0.25) is 9.59 Å². The second-order valence-electron chi connectivity index (χ2n) is 12.1. The molecule has 0 aromatic heterocycles. The third kappa shape index (κ3) is 12.4. The molecule has 0 saturated carbocycles. The SMILES string of the molecule is CCCN(CCC)C(=O)c1cc(C(=O)N(Cc2cccc(CC)c2)C[C@@H](O)[C@@H](N)Cc2cc(F)cc(F)c2)cc(S(=O)(=O)NCCCO)c1.Cl. The zero-order valence-corrected chi connectivity index (χ0v) is 30.4. The molecule has 0 aliphatic rings. The molecule has 0 saturated heterocycles. The molecule has 0 bridgehead atoms. The van der Waals surface area contributed by atoms with Crippen molar-refractivity contribution >= 4 is 34.2 Å². The zero-order chi connectivity index (χ0) is 36.1. The van der Waals surface area contributed by atoms with Crippen molar-refractivity contribution in [1.82, 2.24) is 14.5 Å². The van der Waals surface area contributed by atoms with Crippen LogP contribution in [0.2, 0.25) is 0 Å². The van der Waals surface area contributed by atoms with E-state index in [2.05, 4.69) is 4.72 Å². The van der Waals surface area contributed by atoms with Gasteiger partial charge in [-0.2, -0.15) is 0 Å². The minimum Gasteiger partial charge on any atom is -0.396 e. The molecule has 50 heavy (non-hydrogen) atoms. The Morgan fingerprint density at radius 2 is 1.44 bits per heavy atom. The van der Waals surface area contributed by atoms with Crippen LogP contribution >= 0.6 is 12.4 Å². The second-order valence-corrected chi connectivity index (χ2v) is 13.9. The van der Waals surface area contributed by atoms with Crippen LogP contribution in [0.1, 0.15) is 77.4 Å². The summed E-state index contributed by atoms with van der Waals surface area (Å²) in [4.78, 5) is 30.7. The Morgan fingerprint density at radius 3 is 2.00 bits per heavy atom. The Hall–Kier alpha value is -3.46. The van der Waals surface area contributed by atoms with Gasteiger partial charge in [0, 0.05) is 62.6 Å². The highest BCUT2D eigenvalue weighted by atomic mass is 35.5. The predicted octanol–water partition coefficient (Wildman–Crippen LogP) is 4.45. The number of hydrogen-bond acceptors (Lipinski definition) is 7. The summed E-state index contributed by atoms with van der Waals surface area (Å²) in [7, 11) is -4.20. The van der Waals surface area contributed by atoms with Crippen molar-refractivity contribution in [2.45, 2.75) is 76.5 Å². The van der Waals surface area contributed by atoms with Gasteiger partial charge in [-0.05, 0) is 79.1 Å². The van der Waals surface area contributed by atoms with Gasteiger partial charge < -0.3 is 25.7 Å². The van der Waals surface area contributed by atoms with E-state index < -0.39 is 45.6 Å². The summed E-state index contributed by atoms with van der Waals surface area (Å²) < 4.78 is 56.8. The topological polar surface area (TPSA) is 153 Å². The van der Waals surface area contributed by atoms with Crippen molar-refractivity contribution in [2.75, 3.05) is 32.8 Å². The average molecular weight is 739 g/mol. The number of nitrogens with one attached hydrogen (secondary N) is 1. The Bertz CT molecular complexity index is 1650. The van der Waals surface area contributed by atoms with Gasteiger partial charge in [-0.15, -0.1) is 12.4 Å². The molecule has 3 aromatic rings. The average Bonchev–Trinajstić information content (AvgIpc) is 3.06. The number of nitrogens with two attached hydrogens (primary N) is 1. The summed E-state index contributed by atoms with van der Waals surface area (Å²) in [6.07, 6.45) is 0.810. The van der Waals surface area contributed by atoms with E-state index in [-0.39, 0.29) is 73.1 Å². The monoisotopic (exact) mass is 738 g/mol. The molecule has 2 amide bonds. The largest absolute Gasteiger partial charge is 0.396 e. The highest BCUT2D eigenvalue weighted by molar-refractivity contribution is 7.89. The molecule has 3 rings (SSSR count). The number of hydrogen-bond donors (Lipinski definition) is 4. The fourth-order valence-corrected chi connectivity index (χ4v) is 6.62. The molecule has 5 N–H and O–H groups in total. The van der Waals surface area contributed by atoms with E-state index in [4.69, 9.17) is 10.8 Å². The minimum absolute atomic E-state index is 0. The van der Waals surface area contributed by atoms with Gasteiger partial charge in [-0.25, -0.2) is 21.9 Å². The first-order valence-electron chi connectivity index (χ1n) is 16.6. The number of benzene rings is 3. The van der Waals surface area contributed by atoms with Gasteiger partial charge in [0.1, 0.15) is 11.6 Å². The number of sulfonamides is 1. The van der Waals surface area contributed by atoms with Crippen LogP contribution in [0.15, 0.2) is 65.6 Å². The molecule has 14 heteroatoms. The molecule has 0 unspecified atom stereocenters. The summed E-state index contributed by atoms with van der Waals surface area (Å²) in [5.74, 6) is -2.67. The molecule has 0 heterocycles. The number of aliphatic hydroxyl groups excluding tert-OH is 2. The molecular weight excluding hydrogens is 690 g/mol. The maximum absolute atomic E-state index is 14.3. The first kappa shape index (κ1) is 42.7. The van der Waals surface area contributed by atoms with Gasteiger partial charge in [0.15, 0.2) is 0 Å². The molecule has 3 aromatic carbocycles. The van der Waals surface area contributed by atoms with E-state index in [1.165, 1.54) is 23.1 Å². The third-order valence-corrected chi connectivity index (χ3v) is 9.41. The minimum atomic E-state index is -4.20. The maximum atomic E-state index is 14.3. The number of aliphatic hydroxyl groups is 2. The first-order chi connectivity index (χ1) is 23.3. The number of amides is 2. The van der Waals surface area contributed by atoms with Gasteiger partial charge in [0.25, 0.3) is 11.8 Å². The number of rotatable bonds is 19. The van der Waals surface area contributed by atoms with Crippen molar-refractivity contribution in [2.24, 2.45) is 5.73 Å². The molecule has 0 aliphatic carbocycles. The lowest BCUT2D eigenvalue weighted by Crippen LogP contribution is -2.46. The lowest BCUT2D eigenvalue weighted by Gasteiger charge is -2.29. The fourth-order valence-electron chi connectivity index (χ4n) is 5.48. The molecule has 0 fully saturated rings. The van der Waals surface area contributed by atoms with Crippen molar-refractivity contribution in [1.29, 1.82) is 0 Å². The number of aryl methyl sites for hydroxylation is 1.